The summed E-state index contributed by atoms with van der Waals surface area (Å²) in [5.74, 6) is 0.162. The average Bonchev–Trinajstić information content (AvgIpc) is 3.08. The van der Waals surface area contributed by atoms with Gasteiger partial charge in [0.2, 0.25) is 0 Å². The number of nitrogens with one attached hydrogen (secondary N) is 1. The second-order valence-corrected chi connectivity index (χ2v) is 6.59. The van der Waals surface area contributed by atoms with E-state index in [0.29, 0.717) is 29.3 Å². The van der Waals surface area contributed by atoms with Crippen LogP contribution < -0.4 is 5.32 Å². The summed E-state index contributed by atoms with van der Waals surface area (Å²) in [4.78, 5) is 24.5. The second-order valence-electron chi connectivity index (χ2n) is 6.20. The highest BCUT2D eigenvalue weighted by Gasteiger charge is 2.32. The third-order valence-corrected chi connectivity index (χ3v) is 4.11. The Hall–Kier alpha value is -3.17. The molecule has 0 bridgehead atoms. The molecule has 0 unspecified atom stereocenters. The number of pyridine rings is 2. The molecule has 31 heavy (non-hydrogen) atoms. The summed E-state index contributed by atoms with van der Waals surface area (Å²) < 4.78 is 40.3. The molecular weight excluding hydrogens is 455 g/mol. The average molecular weight is 470 g/mol. The number of nitriles is 1. The first-order valence-corrected chi connectivity index (χ1v) is 8.82. The molecule has 162 valence electrons. The van der Waals surface area contributed by atoms with Crippen molar-refractivity contribution < 1.29 is 18.0 Å². The lowest BCUT2D eigenvalue weighted by molar-refractivity contribution is -0.137. The summed E-state index contributed by atoms with van der Waals surface area (Å²) >= 11 is 5.64. The summed E-state index contributed by atoms with van der Waals surface area (Å²) in [7, 11) is 0. The van der Waals surface area contributed by atoms with E-state index in [1.165, 1.54) is 10.9 Å². The van der Waals surface area contributed by atoms with Crippen LogP contribution in [0.25, 0.3) is 5.82 Å². The fourth-order valence-electron chi connectivity index (χ4n) is 2.57. The molecule has 0 aromatic carbocycles. The molecule has 3 rings (SSSR count). The Morgan fingerprint density at radius 2 is 2.00 bits per heavy atom. The summed E-state index contributed by atoms with van der Waals surface area (Å²) in [5, 5.41) is 15.2. The smallest absolute Gasteiger partial charge is 0.341 e. The Balaban J connectivity index is 0.00000341. The Kier molecular flexibility index (Phi) is 7.24. The van der Waals surface area contributed by atoms with Crippen LogP contribution in [-0.2, 0) is 6.18 Å². The second kappa shape index (κ2) is 9.32. The number of alkyl halides is 3. The summed E-state index contributed by atoms with van der Waals surface area (Å²) in [6.45, 7) is 3.21. The van der Waals surface area contributed by atoms with Gasteiger partial charge in [-0.15, -0.1) is 5.10 Å². The van der Waals surface area contributed by atoms with E-state index in [2.05, 4.69) is 25.4 Å². The van der Waals surface area contributed by atoms with Crippen molar-refractivity contribution in [3.8, 4) is 11.9 Å². The number of aromatic nitrogens is 5. The van der Waals surface area contributed by atoms with Crippen LogP contribution in [0.2, 0.25) is 5.15 Å². The number of carbonyl (C=O) groups excluding carboxylic acids is 1. The van der Waals surface area contributed by atoms with Crippen LogP contribution in [0.1, 0.15) is 46.2 Å². The van der Waals surface area contributed by atoms with Gasteiger partial charge in [-0.25, -0.2) is 15.0 Å². The topological polar surface area (TPSA) is 109 Å². The van der Waals surface area contributed by atoms with Crippen molar-refractivity contribution in [1.29, 1.82) is 5.26 Å². The first-order valence-electron chi connectivity index (χ1n) is 8.44. The van der Waals surface area contributed by atoms with Crippen molar-refractivity contribution in [2.24, 2.45) is 0 Å². The number of nitrogens with zero attached hydrogens (tertiary/aromatic N) is 6. The molecule has 3 heterocycles. The van der Waals surface area contributed by atoms with Crippen molar-refractivity contribution in [1.82, 2.24) is 30.0 Å². The minimum atomic E-state index is -4.67. The van der Waals surface area contributed by atoms with Gasteiger partial charge in [0.25, 0.3) is 5.91 Å². The van der Waals surface area contributed by atoms with Crippen LogP contribution >= 0.6 is 25.1 Å². The molecule has 0 fully saturated rings. The Bertz CT molecular complexity index is 1140. The van der Waals surface area contributed by atoms with Gasteiger partial charge in [0.05, 0.1) is 17.2 Å². The van der Waals surface area contributed by atoms with E-state index in [4.69, 9.17) is 16.9 Å². The normalized spacial score (nSPS) is 11.9. The first kappa shape index (κ1) is 24.1. The van der Waals surface area contributed by atoms with Crippen LogP contribution in [0.3, 0.4) is 0 Å². The number of halogens is 4. The zero-order valence-electron chi connectivity index (χ0n) is 16.1. The molecule has 0 radical (unpaired) electrons. The largest absolute Gasteiger partial charge is 0.416 e. The predicted octanol–water partition coefficient (Wildman–Crippen LogP) is 3.51. The molecular formula is C18H15ClF3N7OS. The van der Waals surface area contributed by atoms with Gasteiger partial charge in [-0.05, 0) is 38.1 Å². The Morgan fingerprint density at radius 3 is 2.58 bits per heavy atom. The Labute approximate surface area is 186 Å². The molecule has 1 amide bonds. The molecule has 13 heteroatoms. The van der Waals surface area contributed by atoms with E-state index in [0.717, 1.165) is 0 Å². The minimum absolute atomic E-state index is 0. The van der Waals surface area contributed by atoms with Crippen LogP contribution in [0.5, 0.6) is 0 Å². The van der Waals surface area contributed by atoms with Gasteiger partial charge in [-0.2, -0.15) is 36.6 Å². The van der Waals surface area contributed by atoms with Crippen molar-refractivity contribution in [3.05, 3.63) is 64.1 Å². The van der Waals surface area contributed by atoms with Crippen molar-refractivity contribution in [2.75, 3.05) is 0 Å². The fourth-order valence-corrected chi connectivity index (χ4v) is 2.78. The number of amides is 1. The van der Waals surface area contributed by atoms with Gasteiger partial charge < -0.3 is 5.32 Å². The molecule has 3 aromatic heterocycles. The number of carbonyl (C=O) groups is 1. The van der Waals surface area contributed by atoms with Crippen LogP contribution in [-0.4, -0.2) is 30.6 Å². The van der Waals surface area contributed by atoms with Gasteiger partial charge >= 0.3 is 6.18 Å². The van der Waals surface area contributed by atoms with E-state index < -0.39 is 34.5 Å². The highest BCUT2D eigenvalue weighted by Crippen LogP contribution is 2.31. The maximum atomic E-state index is 13.0. The van der Waals surface area contributed by atoms with E-state index in [-0.39, 0.29) is 19.3 Å². The van der Waals surface area contributed by atoms with E-state index in [1.807, 2.05) is 6.07 Å². The lowest BCUT2D eigenvalue weighted by atomic mass is 10.2. The number of hydrogen-bond acceptors (Lipinski definition) is 6. The maximum Gasteiger partial charge on any atom is 0.416 e. The summed E-state index contributed by atoms with van der Waals surface area (Å²) in [6, 6.07) is 5.54. The van der Waals surface area contributed by atoms with E-state index in [9.17, 15) is 18.0 Å². The van der Waals surface area contributed by atoms with Gasteiger partial charge in [0.1, 0.15) is 22.7 Å². The highest BCUT2D eigenvalue weighted by atomic mass is 35.5. The molecule has 0 saturated carbocycles. The zero-order chi connectivity index (χ0) is 22.1. The molecule has 0 aliphatic rings. The fraction of sp³-hybridized carbons (Fsp3) is 0.222. The Morgan fingerprint density at radius 1 is 1.29 bits per heavy atom. The predicted molar refractivity (Wildman–Crippen MR) is 109 cm³/mol. The SMILES string of the molecule is Cc1nc([C@H](C)NC(=O)c2cc(C(F)(F)F)cc(Cl)n2)n(-c2ccc(C#N)cn2)n1.S. The van der Waals surface area contributed by atoms with Crippen LogP contribution in [0.15, 0.2) is 30.5 Å². The number of hydrogen-bond donors (Lipinski definition) is 1. The molecule has 1 atom stereocenters. The molecule has 0 aliphatic heterocycles. The monoisotopic (exact) mass is 469 g/mol. The first-order chi connectivity index (χ1) is 14.1. The van der Waals surface area contributed by atoms with Crippen molar-refractivity contribution >= 4 is 31.0 Å². The molecule has 3 aromatic rings. The molecule has 0 aliphatic carbocycles. The third kappa shape index (κ3) is 5.50. The maximum absolute atomic E-state index is 13.0. The highest BCUT2D eigenvalue weighted by molar-refractivity contribution is 7.59. The summed E-state index contributed by atoms with van der Waals surface area (Å²) in [6.07, 6.45) is -3.32. The molecule has 0 saturated heterocycles. The molecule has 1 N–H and O–H groups in total. The number of rotatable bonds is 4. The zero-order valence-corrected chi connectivity index (χ0v) is 17.8. The van der Waals surface area contributed by atoms with Gasteiger partial charge in [0, 0.05) is 6.20 Å². The van der Waals surface area contributed by atoms with Gasteiger partial charge in [-0.1, -0.05) is 11.6 Å². The minimum Gasteiger partial charge on any atom is -0.341 e. The molecule has 8 nitrogen and oxygen atoms in total. The van der Waals surface area contributed by atoms with Crippen LogP contribution in [0, 0.1) is 18.3 Å². The van der Waals surface area contributed by atoms with E-state index >= 15 is 0 Å². The third-order valence-electron chi connectivity index (χ3n) is 3.92. The van der Waals surface area contributed by atoms with E-state index in [1.54, 1.807) is 26.0 Å². The van der Waals surface area contributed by atoms with Crippen LogP contribution in [0.4, 0.5) is 13.2 Å². The summed E-state index contributed by atoms with van der Waals surface area (Å²) in [5.41, 5.74) is -1.21. The lowest BCUT2D eigenvalue weighted by Gasteiger charge is -2.15. The van der Waals surface area contributed by atoms with Gasteiger partial charge in [0.15, 0.2) is 11.6 Å². The molecule has 0 spiro atoms. The number of aryl methyl sites for hydroxylation is 1. The van der Waals surface area contributed by atoms with Gasteiger partial charge in [-0.3, -0.25) is 4.79 Å². The van der Waals surface area contributed by atoms with Crippen molar-refractivity contribution in [2.45, 2.75) is 26.1 Å². The quantitative estimate of drug-likeness (QED) is 0.585. The van der Waals surface area contributed by atoms with Crippen molar-refractivity contribution in [3.63, 3.8) is 0 Å². The standard InChI is InChI=1S/C18H13ClF3N7O.H2S/c1-9(25-17(30)13-5-12(18(20,21)22)6-14(19)27-13)16-26-10(2)28-29(16)15-4-3-11(7-23)8-24-15;/h3-6,8-9H,1-2H3,(H,25,30);1H2/t9-;/m0./s1. The lowest BCUT2D eigenvalue weighted by Crippen LogP contribution is -2.30.